The summed E-state index contributed by atoms with van der Waals surface area (Å²) < 4.78 is 5.25. The number of carbonyl (C=O) groups excluding carboxylic acids is 2. The first-order valence-electron chi connectivity index (χ1n) is 7.05. The number of hydrogen-bond acceptors (Lipinski definition) is 3. The van der Waals surface area contributed by atoms with Crippen molar-refractivity contribution in [1.82, 2.24) is 5.32 Å². The van der Waals surface area contributed by atoms with E-state index in [-0.39, 0.29) is 18.4 Å². The second-order valence-electron chi connectivity index (χ2n) is 4.86. The van der Waals surface area contributed by atoms with Gasteiger partial charge in [0.05, 0.1) is 5.69 Å². The molecule has 0 fully saturated rings. The maximum absolute atomic E-state index is 12.0. The summed E-state index contributed by atoms with van der Waals surface area (Å²) in [7, 11) is 0. The van der Waals surface area contributed by atoms with E-state index in [0.29, 0.717) is 23.5 Å². The summed E-state index contributed by atoms with van der Waals surface area (Å²) in [6, 6.07) is 5.06. The highest BCUT2D eigenvalue weighted by Crippen LogP contribution is 2.28. The summed E-state index contributed by atoms with van der Waals surface area (Å²) in [5.41, 5.74) is 1.09. The SMILES string of the molecule is CCCCCCNC(=O)c1ccc2c(c1)NC(=O)CO2. The van der Waals surface area contributed by atoms with Crippen molar-refractivity contribution >= 4 is 17.5 Å². The molecule has 5 heteroatoms. The van der Waals surface area contributed by atoms with Crippen molar-refractivity contribution in [3.8, 4) is 5.75 Å². The average Bonchev–Trinajstić information content (AvgIpc) is 2.46. The van der Waals surface area contributed by atoms with Gasteiger partial charge in [0.2, 0.25) is 0 Å². The van der Waals surface area contributed by atoms with Gasteiger partial charge in [0.1, 0.15) is 5.75 Å². The monoisotopic (exact) mass is 276 g/mol. The molecule has 0 aliphatic carbocycles. The lowest BCUT2D eigenvalue weighted by Crippen LogP contribution is -2.27. The summed E-state index contributed by atoms with van der Waals surface area (Å²) in [6.07, 6.45) is 4.49. The Labute approximate surface area is 118 Å². The van der Waals surface area contributed by atoms with E-state index in [1.54, 1.807) is 18.2 Å². The number of anilines is 1. The number of benzene rings is 1. The van der Waals surface area contributed by atoms with E-state index in [1.165, 1.54) is 12.8 Å². The molecule has 1 aliphatic heterocycles. The van der Waals surface area contributed by atoms with Gasteiger partial charge in [-0.1, -0.05) is 26.2 Å². The minimum atomic E-state index is -0.199. The third kappa shape index (κ3) is 3.73. The minimum Gasteiger partial charge on any atom is -0.482 e. The Balaban J connectivity index is 1.90. The molecule has 1 heterocycles. The molecule has 0 unspecified atom stereocenters. The molecule has 1 aromatic carbocycles. The molecule has 2 N–H and O–H groups in total. The van der Waals surface area contributed by atoms with E-state index in [2.05, 4.69) is 17.6 Å². The zero-order chi connectivity index (χ0) is 14.4. The third-order valence-electron chi connectivity index (χ3n) is 3.19. The smallest absolute Gasteiger partial charge is 0.262 e. The van der Waals surface area contributed by atoms with Crippen LogP contribution >= 0.6 is 0 Å². The van der Waals surface area contributed by atoms with Crippen LogP contribution in [0, 0.1) is 0 Å². The maximum atomic E-state index is 12.0. The number of rotatable bonds is 6. The van der Waals surface area contributed by atoms with E-state index < -0.39 is 0 Å². The number of carbonyl (C=O) groups is 2. The highest BCUT2D eigenvalue weighted by Gasteiger charge is 2.17. The van der Waals surface area contributed by atoms with E-state index in [1.807, 2.05) is 0 Å². The number of fused-ring (bicyclic) bond motifs is 1. The molecular formula is C15H20N2O3. The Morgan fingerprint density at radius 2 is 2.20 bits per heavy atom. The Kier molecular flexibility index (Phi) is 4.98. The van der Waals surface area contributed by atoms with Crippen molar-refractivity contribution in [3.05, 3.63) is 23.8 Å². The van der Waals surface area contributed by atoms with Gasteiger partial charge >= 0.3 is 0 Å². The standard InChI is InChI=1S/C15H20N2O3/c1-2-3-4-5-8-16-15(19)11-6-7-13-12(9-11)17-14(18)10-20-13/h6-7,9H,2-5,8,10H2,1H3,(H,16,19)(H,17,18). The molecule has 0 aromatic heterocycles. The molecule has 2 rings (SSSR count). The van der Waals surface area contributed by atoms with Crippen molar-refractivity contribution in [2.75, 3.05) is 18.5 Å². The molecule has 0 saturated heterocycles. The summed E-state index contributed by atoms with van der Waals surface area (Å²) in [6.45, 7) is 2.86. The molecule has 0 saturated carbocycles. The largest absolute Gasteiger partial charge is 0.482 e. The lowest BCUT2D eigenvalue weighted by atomic mass is 10.1. The van der Waals surface area contributed by atoms with Gasteiger partial charge in [-0.3, -0.25) is 9.59 Å². The van der Waals surface area contributed by atoms with Crippen LogP contribution in [-0.2, 0) is 4.79 Å². The van der Waals surface area contributed by atoms with E-state index >= 15 is 0 Å². The van der Waals surface area contributed by atoms with Crippen molar-refractivity contribution < 1.29 is 14.3 Å². The lowest BCUT2D eigenvalue weighted by molar-refractivity contribution is -0.118. The minimum absolute atomic E-state index is 0.0238. The molecule has 0 atom stereocenters. The van der Waals surface area contributed by atoms with Crippen LogP contribution in [0.2, 0.25) is 0 Å². The summed E-state index contributed by atoms with van der Waals surface area (Å²) in [5, 5.41) is 5.58. The molecule has 0 spiro atoms. The van der Waals surface area contributed by atoms with Crippen LogP contribution in [0.4, 0.5) is 5.69 Å². The first kappa shape index (κ1) is 14.4. The van der Waals surface area contributed by atoms with Crippen LogP contribution in [0.25, 0.3) is 0 Å². The predicted octanol–water partition coefficient (Wildman–Crippen LogP) is 2.33. The summed E-state index contributed by atoms with van der Waals surface area (Å²) in [5.74, 6) is 0.280. The van der Waals surface area contributed by atoms with Gasteiger partial charge < -0.3 is 15.4 Å². The van der Waals surface area contributed by atoms with Gasteiger partial charge in [-0.25, -0.2) is 0 Å². The molecule has 1 aliphatic rings. The zero-order valence-electron chi connectivity index (χ0n) is 11.7. The van der Waals surface area contributed by atoms with Crippen molar-refractivity contribution in [1.29, 1.82) is 0 Å². The lowest BCUT2D eigenvalue weighted by Gasteiger charge is -2.18. The normalized spacial score (nSPS) is 13.2. The number of ether oxygens (including phenoxy) is 1. The maximum Gasteiger partial charge on any atom is 0.262 e. The van der Waals surface area contributed by atoms with Crippen molar-refractivity contribution in [2.24, 2.45) is 0 Å². The van der Waals surface area contributed by atoms with Crippen LogP contribution in [0.15, 0.2) is 18.2 Å². The highest BCUT2D eigenvalue weighted by molar-refractivity contribution is 5.99. The molecule has 20 heavy (non-hydrogen) atoms. The topological polar surface area (TPSA) is 67.4 Å². The van der Waals surface area contributed by atoms with Crippen LogP contribution in [0.1, 0.15) is 43.0 Å². The van der Waals surface area contributed by atoms with Gasteiger partial charge in [0.25, 0.3) is 11.8 Å². The molecule has 2 amide bonds. The van der Waals surface area contributed by atoms with Gasteiger partial charge in [-0.2, -0.15) is 0 Å². The number of unbranched alkanes of at least 4 members (excludes halogenated alkanes) is 3. The second kappa shape index (κ2) is 6.93. The fourth-order valence-electron chi connectivity index (χ4n) is 2.08. The van der Waals surface area contributed by atoms with Crippen molar-refractivity contribution in [2.45, 2.75) is 32.6 Å². The zero-order valence-corrected chi connectivity index (χ0v) is 11.7. The van der Waals surface area contributed by atoms with Gasteiger partial charge in [-0.05, 0) is 24.6 Å². The van der Waals surface area contributed by atoms with Crippen molar-refractivity contribution in [3.63, 3.8) is 0 Å². The highest BCUT2D eigenvalue weighted by atomic mass is 16.5. The van der Waals surface area contributed by atoms with Crippen LogP contribution in [0.5, 0.6) is 5.75 Å². The molecule has 0 bridgehead atoms. The Bertz CT molecular complexity index is 500. The van der Waals surface area contributed by atoms with Crippen LogP contribution < -0.4 is 15.4 Å². The Morgan fingerprint density at radius 1 is 1.35 bits per heavy atom. The van der Waals surface area contributed by atoms with Crippen LogP contribution in [0.3, 0.4) is 0 Å². The first-order valence-corrected chi connectivity index (χ1v) is 7.05. The van der Waals surface area contributed by atoms with E-state index in [0.717, 1.165) is 12.8 Å². The van der Waals surface area contributed by atoms with Gasteiger partial charge in [0, 0.05) is 12.1 Å². The van der Waals surface area contributed by atoms with Gasteiger partial charge in [0.15, 0.2) is 6.61 Å². The fraction of sp³-hybridized carbons (Fsp3) is 0.467. The fourth-order valence-corrected chi connectivity index (χ4v) is 2.08. The number of hydrogen-bond donors (Lipinski definition) is 2. The first-order chi connectivity index (χ1) is 9.70. The molecule has 5 nitrogen and oxygen atoms in total. The molecule has 0 radical (unpaired) electrons. The summed E-state index contributed by atoms with van der Waals surface area (Å²) >= 11 is 0. The Hall–Kier alpha value is -2.04. The van der Waals surface area contributed by atoms with Crippen LogP contribution in [-0.4, -0.2) is 25.0 Å². The second-order valence-corrected chi connectivity index (χ2v) is 4.86. The number of nitrogens with one attached hydrogen (secondary N) is 2. The molecule has 1 aromatic rings. The Morgan fingerprint density at radius 3 is 3.00 bits per heavy atom. The molecule has 108 valence electrons. The predicted molar refractivity (Wildman–Crippen MR) is 77.0 cm³/mol. The number of amides is 2. The van der Waals surface area contributed by atoms with E-state index in [9.17, 15) is 9.59 Å². The van der Waals surface area contributed by atoms with Gasteiger partial charge in [-0.15, -0.1) is 0 Å². The average molecular weight is 276 g/mol. The molecular weight excluding hydrogens is 256 g/mol. The van der Waals surface area contributed by atoms with E-state index in [4.69, 9.17) is 4.74 Å². The quantitative estimate of drug-likeness (QED) is 0.784. The summed E-state index contributed by atoms with van der Waals surface area (Å²) in [4.78, 5) is 23.2. The third-order valence-corrected chi connectivity index (χ3v) is 3.19.